The van der Waals surface area contributed by atoms with Gasteiger partial charge in [0.25, 0.3) is 0 Å². The Morgan fingerprint density at radius 1 is 1.58 bits per heavy atom. The molecule has 1 rings (SSSR count). The van der Waals surface area contributed by atoms with Crippen LogP contribution >= 0.6 is 0 Å². The van der Waals surface area contributed by atoms with E-state index in [0.717, 1.165) is 5.82 Å². The zero-order valence-electron chi connectivity index (χ0n) is 7.96. The molecule has 1 aromatic heterocycles. The van der Waals surface area contributed by atoms with Crippen molar-refractivity contribution in [2.24, 2.45) is 7.05 Å². The number of imidazole rings is 1. The van der Waals surface area contributed by atoms with E-state index in [4.69, 9.17) is 5.73 Å². The summed E-state index contributed by atoms with van der Waals surface area (Å²) in [6, 6.07) is 0. The second-order valence-corrected chi connectivity index (χ2v) is 2.73. The van der Waals surface area contributed by atoms with Crippen molar-refractivity contribution in [2.45, 2.75) is 20.8 Å². The lowest BCUT2D eigenvalue weighted by molar-refractivity contribution is -0.114. The van der Waals surface area contributed by atoms with Gasteiger partial charge in [-0.25, -0.2) is 4.98 Å². The molecule has 0 saturated heterocycles. The predicted octanol–water partition coefficient (Wildman–Crippen LogP) is 0.906. The molecule has 12 heavy (non-hydrogen) atoms. The molecule has 0 aliphatic heterocycles. The minimum Gasteiger partial charge on any atom is -0.382 e. The first-order valence-electron chi connectivity index (χ1n) is 3.66. The van der Waals surface area contributed by atoms with Gasteiger partial charge >= 0.3 is 0 Å². The predicted molar refractivity (Wildman–Crippen MR) is 48.7 cm³/mol. The topological polar surface area (TPSA) is 60.9 Å². The van der Waals surface area contributed by atoms with E-state index in [2.05, 4.69) is 4.98 Å². The first kappa shape index (κ1) is 10.7. The van der Waals surface area contributed by atoms with Gasteiger partial charge in [0, 0.05) is 13.2 Å². The van der Waals surface area contributed by atoms with Gasteiger partial charge in [0.1, 0.15) is 17.4 Å². The average molecular weight is 169 g/mol. The van der Waals surface area contributed by atoms with Gasteiger partial charge in [-0.2, -0.15) is 0 Å². The number of aryl methyl sites for hydroxylation is 2. The van der Waals surface area contributed by atoms with E-state index in [-0.39, 0.29) is 5.78 Å². The maximum atomic E-state index is 9.44. The highest BCUT2D eigenvalue weighted by molar-refractivity contribution is 5.72. The summed E-state index contributed by atoms with van der Waals surface area (Å²) >= 11 is 0. The van der Waals surface area contributed by atoms with Crippen LogP contribution in [-0.4, -0.2) is 15.3 Å². The fraction of sp³-hybridized carbons (Fsp3) is 0.500. The monoisotopic (exact) mass is 169 g/mol. The molecule has 0 aliphatic carbocycles. The third kappa shape index (κ3) is 4.49. The fourth-order valence-electron chi connectivity index (χ4n) is 0.586. The number of nitrogens with two attached hydrogens (primary N) is 1. The Labute approximate surface area is 72.4 Å². The molecule has 0 fully saturated rings. The Morgan fingerprint density at radius 2 is 2.00 bits per heavy atom. The summed E-state index contributed by atoms with van der Waals surface area (Å²) in [4.78, 5) is 13.4. The lowest BCUT2D eigenvalue weighted by atomic mass is 10.6. The molecule has 4 heteroatoms. The number of carbonyl (C=O) groups is 1. The lowest BCUT2D eigenvalue weighted by Gasteiger charge is -1.86. The molecule has 1 aromatic rings. The maximum Gasteiger partial charge on any atom is 0.141 e. The summed E-state index contributed by atoms with van der Waals surface area (Å²) in [5.74, 6) is 1.70. The van der Waals surface area contributed by atoms with Gasteiger partial charge in [-0.15, -0.1) is 0 Å². The number of nitrogens with zero attached hydrogens (tertiary/aromatic N) is 2. The molecule has 0 aliphatic rings. The molecule has 0 unspecified atom stereocenters. The van der Waals surface area contributed by atoms with E-state index in [1.807, 2.05) is 18.5 Å². The SMILES string of the molecule is CC(C)=O.Cc1nc(N)cn1C. The summed E-state index contributed by atoms with van der Waals surface area (Å²) in [5.41, 5.74) is 5.35. The summed E-state index contributed by atoms with van der Waals surface area (Å²) in [6.07, 6.45) is 1.79. The van der Waals surface area contributed by atoms with E-state index in [1.54, 1.807) is 6.20 Å². The minimum absolute atomic E-state index is 0.167. The standard InChI is InChI=1S/C5H9N3.C3H6O/c1-4-7-5(6)3-8(4)2;1-3(2)4/h3H,6H2,1-2H3;1-2H3. The van der Waals surface area contributed by atoms with Gasteiger partial charge in [0.2, 0.25) is 0 Å². The first-order valence-corrected chi connectivity index (χ1v) is 3.66. The summed E-state index contributed by atoms with van der Waals surface area (Å²) in [5, 5.41) is 0. The molecule has 0 spiro atoms. The van der Waals surface area contributed by atoms with Gasteiger partial charge in [-0.1, -0.05) is 0 Å². The molecule has 0 saturated carbocycles. The summed E-state index contributed by atoms with van der Waals surface area (Å²) < 4.78 is 1.88. The van der Waals surface area contributed by atoms with Gasteiger partial charge in [-0.05, 0) is 20.8 Å². The molecule has 0 amide bonds. The van der Waals surface area contributed by atoms with Gasteiger partial charge in [0.15, 0.2) is 0 Å². The number of carbonyl (C=O) groups excluding carboxylic acids is 1. The normalized spacial score (nSPS) is 8.67. The molecule has 4 nitrogen and oxygen atoms in total. The number of anilines is 1. The number of hydrogen-bond acceptors (Lipinski definition) is 3. The van der Waals surface area contributed by atoms with E-state index in [0.29, 0.717) is 5.82 Å². The van der Waals surface area contributed by atoms with E-state index in [1.165, 1.54) is 13.8 Å². The number of rotatable bonds is 0. The van der Waals surface area contributed by atoms with Crippen LogP contribution in [0.4, 0.5) is 5.82 Å². The van der Waals surface area contributed by atoms with Crippen molar-refractivity contribution in [1.29, 1.82) is 0 Å². The second-order valence-electron chi connectivity index (χ2n) is 2.73. The van der Waals surface area contributed by atoms with E-state index >= 15 is 0 Å². The third-order valence-corrected chi connectivity index (χ3v) is 1.13. The van der Waals surface area contributed by atoms with Gasteiger partial charge in [-0.3, -0.25) is 0 Å². The molecule has 2 N–H and O–H groups in total. The molecule has 0 atom stereocenters. The zero-order valence-corrected chi connectivity index (χ0v) is 7.96. The Bertz CT molecular complexity index is 242. The molecule has 0 aromatic carbocycles. The van der Waals surface area contributed by atoms with Crippen LogP contribution in [0.1, 0.15) is 19.7 Å². The zero-order chi connectivity index (χ0) is 9.72. The van der Waals surface area contributed by atoms with Crippen LogP contribution < -0.4 is 5.73 Å². The van der Waals surface area contributed by atoms with Crippen LogP contribution in [0.3, 0.4) is 0 Å². The fourth-order valence-corrected chi connectivity index (χ4v) is 0.586. The Kier molecular flexibility index (Phi) is 4.04. The van der Waals surface area contributed by atoms with E-state index in [9.17, 15) is 4.79 Å². The average Bonchev–Trinajstić information content (AvgIpc) is 2.08. The number of ketones is 1. The largest absolute Gasteiger partial charge is 0.382 e. The van der Waals surface area contributed by atoms with Crippen molar-refractivity contribution in [3.63, 3.8) is 0 Å². The van der Waals surface area contributed by atoms with Crippen LogP contribution in [0.25, 0.3) is 0 Å². The Hall–Kier alpha value is -1.32. The van der Waals surface area contributed by atoms with Crippen LogP contribution in [0.2, 0.25) is 0 Å². The smallest absolute Gasteiger partial charge is 0.141 e. The van der Waals surface area contributed by atoms with Crippen LogP contribution in [0, 0.1) is 6.92 Å². The molecular weight excluding hydrogens is 154 g/mol. The van der Waals surface area contributed by atoms with Crippen molar-refractivity contribution in [3.8, 4) is 0 Å². The van der Waals surface area contributed by atoms with Crippen LogP contribution in [0.5, 0.6) is 0 Å². The molecule has 68 valence electrons. The van der Waals surface area contributed by atoms with Crippen molar-refractivity contribution < 1.29 is 4.79 Å². The van der Waals surface area contributed by atoms with Crippen LogP contribution in [0.15, 0.2) is 6.20 Å². The van der Waals surface area contributed by atoms with Crippen LogP contribution in [-0.2, 0) is 11.8 Å². The summed E-state index contributed by atoms with van der Waals surface area (Å²) in [6.45, 7) is 4.97. The van der Waals surface area contributed by atoms with Crippen molar-refractivity contribution in [2.75, 3.05) is 5.73 Å². The second kappa shape index (κ2) is 4.54. The van der Waals surface area contributed by atoms with Crippen molar-refractivity contribution in [3.05, 3.63) is 12.0 Å². The molecular formula is C8H15N3O. The summed E-state index contributed by atoms with van der Waals surface area (Å²) in [7, 11) is 1.92. The van der Waals surface area contributed by atoms with Crippen molar-refractivity contribution in [1.82, 2.24) is 9.55 Å². The highest BCUT2D eigenvalue weighted by Gasteiger charge is 1.92. The molecule has 1 heterocycles. The maximum absolute atomic E-state index is 9.44. The number of hydrogen-bond donors (Lipinski definition) is 1. The Morgan fingerprint density at radius 3 is 2.08 bits per heavy atom. The number of Topliss-reactive ketones (excluding diaryl/α,β-unsaturated/α-hetero) is 1. The highest BCUT2D eigenvalue weighted by atomic mass is 16.1. The lowest BCUT2D eigenvalue weighted by Crippen LogP contribution is -1.86. The first-order chi connectivity index (χ1) is 5.43. The van der Waals surface area contributed by atoms with Gasteiger partial charge in [0.05, 0.1) is 0 Å². The number of aromatic nitrogens is 2. The highest BCUT2D eigenvalue weighted by Crippen LogP contribution is 1.98. The number of nitrogen functional groups attached to an aromatic ring is 1. The van der Waals surface area contributed by atoms with Gasteiger partial charge < -0.3 is 15.1 Å². The molecule has 0 bridgehead atoms. The van der Waals surface area contributed by atoms with E-state index < -0.39 is 0 Å². The van der Waals surface area contributed by atoms with Crippen molar-refractivity contribution >= 4 is 11.6 Å². The minimum atomic E-state index is 0.167. The third-order valence-electron chi connectivity index (χ3n) is 1.13. The quantitative estimate of drug-likeness (QED) is 0.627. The molecule has 0 radical (unpaired) electrons. The Balaban J connectivity index is 0.000000261.